The van der Waals surface area contributed by atoms with Crippen LogP contribution in [-0.2, 0) is 9.59 Å². The van der Waals surface area contributed by atoms with Gasteiger partial charge in [-0.3, -0.25) is 9.59 Å². The van der Waals surface area contributed by atoms with Crippen molar-refractivity contribution in [2.75, 3.05) is 20.1 Å². The van der Waals surface area contributed by atoms with Crippen LogP contribution in [0.3, 0.4) is 0 Å². The van der Waals surface area contributed by atoms with Crippen molar-refractivity contribution in [1.29, 1.82) is 0 Å². The second-order valence-electron chi connectivity index (χ2n) is 4.65. The molecule has 0 aromatic carbocycles. The molecule has 2 heterocycles. The average molecular weight is 241 g/mol. The molecule has 0 radical (unpaired) electrons. The Morgan fingerprint density at radius 2 is 2.24 bits per heavy atom. The van der Waals surface area contributed by atoms with Gasteiger partial charge < -0.3 is 20.6 Å². The van der Waals surface area contributed by atoms with Crippen molar-refractivity contribution in [2.24, 2.45) is 0 Å². The Kier molecular flexibility index (Phi) is 3.63. The summed E-state index contributed by atoms with van der Waals surface area (Å²) >= 11 is 0. The third-order valence-electron chi connectivity index (χ3n) is 3.49. The number of nitrogens with one attached hydrogen (secondary N) is 2. The lowest BCUT2D eigenvalue weighted by atomic mass is 10.1. The number of amides is 2. The van der Waals surface area contributed by atoms with Gasteiger partial charge in [-0.05, 0) is 19.3 Å². The molecule has 2 fully saturated rings. The molecule has 0 bridgehead atoms. The molecular weight excluding hydrogens is 222 g/mol. The maximum absolute atomic E-state index is 12.2. The van der Waals surface area contributed by atoms with E-state index in [-0.39, 0.29) is 23.9 Å². The molecule has 3 N–H and O–H groups in total. The average Bonchev–Trinajstić information content (AvgIpc) is 2.95. The molecular formula is C11H19N3O3. The molecule has 3 atom stereocenters. The van der Waals surface area contributed by atoms with E-state index in [4.69, 9.17) is 0 Å². The zero-order valence-corrected chi connectivity index (χ0v) is 9.98. The first-order chi connectivity index (χ1) is 8.13. The van der Waals surface area contributed by atoms with Gasteiger partial charge in [0.1, 0.15) is 6.04 Å². The Morgan fingerprint density at radius 1 is 1.47 bits per heavy atom. The van der Waals surface area contributed by atoms with Gasteiger partial charge in [-0.1, -0.05) is 0 Å². The molecule has 96 valence electrons. The van der Waals surface area contributed by atoms with E-state index in [1.165, 1.54) is 0 Å². The molecule has 6 heteroatoms. The number of hydrogen-bond donors (Lipinski definition) is 3. The summed E-state index contributed by atoms with van der Waals surface area (Å²) in [6.07, 6.45) is 1.57. The lowest BCUT2D eigenvalue weighted by Crippen LogP contribution is -2.50. The van der Waals surface area contributed by atoms with Crippen LogP contribution in [0.1, 0.15) is 19.3 Å². The Hall–Kier alpha value is -1.14. The number of likely N-dealkylation sites (N-methyl/N-ethyl adjacent to an activating group) is 1. The first kappa shape index (κ1) is 12.3. The number of aliphatic hydroxyl groups excluding tert-OH is 1. The van der Waals surface area contributed by atoms with Gasteiger partial charge in [0.05, 0.1) is 12.1 Å². The van der Waals surface area contributed by atoms with Crippen LogP contribution in [0.25, 0.3) is 0 Å². The molecule has 2 rings (SSSR count). The molecule has 0 saturated carbocycles. The van der Waals surface area contributed by atoms with Gasteiger partial charge in [-0.25, -0.2) is 0 Å². The molecule has 2 amide bonds. The maximum Gasteiger partial charge on any atom is 0.242 e. The highest BCUT2D eigenvalue weighted by atomic mass is 16.3. The van der Waals surface area contributed by atoms with Crippen molar-refractivity contribution < 1.29 is 14.7 Å². The van der Waals surface area contributed by atoms with E-state index in [9.17, 15) is 14.7 Å². The minimum absolute atomic E-state index is 0.0624. The van der Waals surface area contributed by atoms with E-state index in [0.717, 1.165) is 12.8 Å². The highest BCUT2D eigenvalue weighted by Gasteiger charge is 2.38. The van der Waals surface area contributed by atoms with Crippen molar-refractivity contribution >= 4 is 11.8 Å². The van der Waals surface area contributed by atoms with Gasteiger partial charge in [0.2, 0.25) is 11.8 Å². The zero-order valence-electron chi connectivity index (χ0n) is 9.98. The normalized spacial score (nSPS) is 32.8. The first-order valence-electron chi connectivity index (χ1n) is 6.07. The van der Waals surface area contributed by atoms with Gasteiger partial charge in [0.25, 0.3) is 0 Å². The van der Waals surface area contributed by atoms with Crippen LogP contribution in [-0.4, -0.2) is 60.1 Å². The maximum atomic E-state index is 12.2. The number of likely N-dealkylation sites (tertiary alicyclic amines) is 1. The smallest absolute Gasteiger partial charge is 0.242 e. The van der Waals surface area contributed by atoms with Crippen LogP contribution in [0, 0.1) is 0 Å². The standard InChI is InChI=1S/C11H19N3O3/c1-12-10(16)9-3-2-4-14(9)11(17)8-5-7(15)6-13-8/h7-9,13,15H,2-6H2,1H3,(H,12,16). The number of aliphatic hydroxyl groups is 1. The van der Waals surface area contributed by atoms with E-state index < -0.39 is 6.10 Å². The summed E-state index contributed by atoms with van der Waals surface area (Å²) in [5.41, 5.74) is 0. The minimum Gasteiger partial charge on any atom is -0.392 e. The zero-order chi connectivity index (χ0) is 12.4. The predicted molar refractivity (Wildman–Crippen MR) is 61.2 cm³/mol. The molecule has 0 aromatic rings. The monoisotopic (exact) mass is 241 g/mol. The van der Waals surface area contributed by atoms with Crippen molar-refractivity contribution in [1.82, 2.24) is 15.5 Å². The van der Waals surface area contributed by atoms with Gasteiger partial charge in [-0.15, -0.1) is 0 Å². The highest BCUT2D eigenvalue weighted by Crippen LogP contribution is 2.20. The number of carbonyl (C=O) groups is 2. The van der Waals surface area contributed by atoms with E-state index >= 15 is 0 Å². The topological polar surface area (TPSA) is 81.7 Å². The lowest BCUT2D eigenvalue weighted by Gasteiger charge is -2.26. The second kappa shape index (κ2) is 5.01. The van der Waals surface area contributed by atoms with E-state index in [2.05, 4.69) is 10.6 Å². The highest BCUT2D eigenvalue weighted by molar-refractivity contribution is 5.90. The summed E-state index contributed by atoms with van der Waals surface area (Å²) in [5, 5.41) is 15.0. The molecule has 2 aliphatic heterocycles. The molecule has 2 aliphatic rings. The quantitative estimate of drug-likeness (QED) is 0.546. The summed E-state index contributed by atoms with van der Waals surface area (Å²) < 4.78 is 0. The second-order valence-corrected chi connectivity index (χ2v) is 4.65. The molecule has 0 aliphatic carbocycles. The van der Waals surface area contributed by atoms with Crippen LogP contribution in [0.15, 0.2) is 0 Å². The first-order valence-corrected chi connectivity index (χ1v) is 6.07. The fraction of sp³-hybridized carbons (Fsp3) is 0.818. The SMILES string of the molecule is CNC(=O)C1CCCN1C(=O)C1CC(O)CN1. The van der Waals surface area contributed by atoms with Gasteiger partial charge in [0, 0.05) is 20.1 Å². The van der Waals surface area contributed by atoms with E-state index in [1.54, 1.807) is 11.9 Å². The summed E-state index contributed by atoms with van der Waals surface area (Å²) in [5.74, 6) is -0.165. The van der Waals surface area contributed by atoms with Gasteiger partial charge >= 0.3 is 0 Å². The van der Waals surface area contributed by atoms with Gasteiger partial charge in [0.15, 0.2) is 0 Å². The molecule has 0 spiro atoms. The third-order valence-corrected chi connectivity index (χ3v) is 3.49. The van der Waals surface area contributed by atoms with Crippen molar-refractivity contribution in [2.45, 2.75) is 37.5 Å². The summed E-state index contributed by atoms with van der Waals surface area (Å²) in [6, 6.07) is -0.678. The van der Waals surface area contributed by atoms with Crippen molar-refractivity contribution in [3.05, 3.63) is 0 Å². The summed E-state index contributed by atoms with van der Waals surface area (Å²) in [4.78, 5) is 25.5. The number of carbonyl (C=O) groups excluding carboxylic acids is 2. The summed E-state index contributed by atoms with van der Waals surface area (Å²) in [6.45, 7) is 1.08. The van der Waals surface area contributed by atoms with Crippen molar-refractivity contribution in [3.8, 4) is 0 Å². The fourth-order valence-corrected chi connectivity index (χ4v) is 2.58. The summed E-state index contributed by atoms with van der Waals surface area (Å²) in [7, 11) is 1.58. The Bertz CT molecular complexity index is 321. The molecule has 0 aromatic heterocycles. The molecule has 17 heavy (non-hydrogen) atoms. The minimum atomic E-state index is -0.454. The third kappa shape index (κ3) is 2.42. The Balaban J connectivity index is 2.01. The fourth-order valence-electron chi connectivity index (χ4n) is 2.58. The number of β-amino-alcohol motifs (C(OH)–C–C–N with tert-alkyl or cyclic N) is 1. The lowest BCUT2D eigenvalue weighted by molar-refractivity contribution is -0.139. The van der Waals surface area contributed by atoms with Crippen LogP contribution in [0.4, 0.5) is 0 Å². The van der Waals surface area contributed by atoms with E-state index in [0.29, 0.717) is 19.5 Å². The predicted octanol–water partition coefficient (Wildman–Crippen LogP) is -1.55. The molecule has 3 unspecified atom stereocenters. The van der Waals surface area contributed by atoms with E-state index in [1.807, 2.05) is 0 Å². The largest absolute Gasteiger partial charge is 0.392 e. The molecule has 6 nitrogen and oxygen atoms in total. The number of hydrogen-bond acceptors (Lipinski definition) is 4. The van der Waals surface area contributed by atoms with Crippen molar-refractivity contribution in [3.63, 3.8) is 0 Å². The molecule has 2 saturated heterocycles. The van der Waals surface area contributed by atoms with Gasteiger partial charge in [-0.2, -0.15) is 0 Å². The number of nitrogens with zero attached hydrogens (tertiary/aromatic N) is 1. The van der Waals surface area contributed by atoms with Crippen LogP contribution in [0.5, 0.6) is 0 Å². The van der Waals surface area contributed by atoms with Crippen LogP contribution >= 0.6 is 0 Å². The van der Waals surface area contributed by atoms with Crippen LogP contribution < -0.4 is 10.6 Å². The van der Waals surface area contributed by atoms with Crippen LogP contribution in [0.2, 0.25) is 0 Å². The Morgan fingerprint density at radius 3 is 2.82 bits per heavy atom. The number of rotatable bonds is 2. The Labute approximate surface area is 100 Å².